The summed E-state index contributed by atoms with van der Waals surface area (Å²) in [4.78, 5) is 50.1. The Labute approximate surface area is 202 Å². The van der Waals surface area contributed by atoms with Crippen molar-refractivity contribution in [2.45, 2.75) is 71.1 Å². The Kier molecular flexibility index (Phi) is 11.3. The number of hydrogen-bond acceptors (Lipinski definition) is 6. The van der Waals surface area contributed by atoms with Gasteiger partial charge < -0.3 is 10.1 Å². The topological polar surface area (TPSA) is 96.0 Å². The molecule has 1 fully saturated rings. The number of nitrogens with one attached hydrogen (secondary N) is 1. The lowest BCUT2D eigenvalue weighted by Gasteiger charge is -2.28. The third kappa shape index (κ3) is 8.01. The van der Waals surface area contributed by atoms with Gasteiger partial charge in [-0.2, -0.15) is 0 Å². The lowest BCUT2D eigenvalue weighted by atomic mass is 10.1. The molecule has 0 aliphatic carbocycles. The average molecular weight is 472 g/mol. The first-order chi connectivity index (χ1) is 16.4. The minimum atomic E-state index is -0.673. The molecule has 1 aliphatic rings. The van der Waals surface area contributed by atoms with Gasteiger partial charge in [-0.05, 0) is 30.7 Å². The quantitative estimate of drug-likeness (QED) is 0.175. The molecule has 0 unspecified atom stereocenters. The van der Waals surface area contributed by atoms with Crippen molar-refractivity contribution in [2.75, 3.05) is 26.0 Å². The smallest absolute Gasteiger partial charge is 0.338 e. The maximum absolute atomic E-state index is 12.2. The number of benzene rings is 1. The number of imide groups is 2. The summed E-state index contributed by atoms with van der Waals surface area (Å²) in [5.41, 5.74) is 0.867. The van der Waals surface area contributed by atoms with E-state index in [4.69, 9.17) is 4.74 Å². The maximum Gasteiger partial charge on any atom is 0.338 e. The zero-order valence-corrected chi connectivity index (χ0v) is 20.6. The summed E-state index contributed by atoms with van der Waals surface area (Å²) < 4.78 is 5.35. The number of ether oxygens (including phenoxy) is 1. The molecule has 186 valence electrons. The van der Waals surface area contributed by atoms with E-state index in [0.29, 0.717) is 17.9 Å². The largest absolute Gasteiger partial charge is 0.462 e. The van der Waals surface area contributed by atoms with E-state index in [2.05, 4.69) is 12.2 Å². The molecule has 0 spiro atoms. The van der Waals surface area contributed by atoms with E-state index in [0.717, 1.165) is 22.6 Å². The number of likely N-dealkylation sites (N-methyl/N-ethyl adjacent to an activating group) is 2. The fourth-order valence-electron chi connectivity index (χ4n) is 3.67. The van der Waals surface area contributed by atoms with Crippen LogP contribution in [0.2, 0.25) is 0 Å². The Morgan fingerprint density at radius 3 is 1.85 bits per heavy atom. The molecule has 1 aromatic carbocycles. The molecule has 2 rings (SSSR count). The van der Waals surface area contributed by atoms with Gasteiger partial charge in [-0.25, -0.2) is 9.59 Å². The van der Waals surface area contributed by atoms with Crippen LogP contribution >= 0.6 is 0 Å². The van der Waals surface area contributed by atoms with E-state index < -0.39 is 17.8 Å². The molecule has 8 heteroatoms. The fourth-order valence-corrected chi connectivity index (χ4v) is 3.67. The molecule has 1 aliphatic heterocycles. The summed E-state index contributed by atoms with van der Waals surface area (Å²) in [5.74, 6) is -1.72. The highest BCUT2D eigenvalue weighted by atomic mass is 16.5. The molecule has 1 saturated heterocycles. The van der Waals surface area contributed by atoms with E-state index in [1.807, 2.05) is 0 Å². The highest BCUT2D eigenvalue weighted by molar-refractivity contribution is 6.28. The van der Waals surface area contributed by atoms with Crippen LogP contribution in [0.5, 0.6) is 0 Å². The first-order valence-corrected chi connectivity index (χ1v) is 12.2. The monoisotopic (exact) mass is 471 g/mol. The van der Waals surface area contributed by atoms with E-state index in [9.17, 15) is 19.2 Å². The van der Waals surface area contributed by atoms with Crippen LogP contribution < -0.4 is 5.32 Å². The number of anilines is 1. The van der Waals surface area contributed by atoms with E-state index in [-0.39, 0.29) is 11.5 Å². The van der Waals surface area contributed by atoms with Crippen molar-refractivity contribution in [3.8, 4) is 0 Å². The van der Waals surface area contributed by atoms with E-state index in [1.54, 1.807) is 24.3 Å². The standard InChI is InChI=1S/C26H37N3O5/c1-4-5-6-7-8-9-10-11-12-13-18-34-25(32)20-14-16-21(17-15-20)27-19-22-23(30)28(2)26(33)29(3)24(22)31/h14-17,19,27H,4-13,18H2,1-3H3. The van der Waals surface area contributed by atoms with E-state index >= 15 is 0 Å². The lowest BCUT2D eigenvalue weighted by molar-refractivity contribution is -0.134. The maximum atomic E-state index is 12.2. The first kappa shape index (κ1) is 27.1. The Morgan fingerprint density at radius 1 is 0.824 bits per heavy atom. The highest BCUT2D eigenvalue weighted by Gasteiger charge is 2.37. The van der Waals surface area contributed by atoms with Crippen LogP contribution in [0.3, 0.4) is 0 Å². The van der Waals surface area contributed by atoms with Crippen LogP contribution in [0, 0.1) is 0 Å². The van der Waals surface area contributed by atoms with Gasteiger partial charge in [-0.15, -0.1) is 0 Å². The number of esters is 1. The van der Waals surface area contributed by atoms with Crippen molar-refractivity contribution in [3.63, 3.8) is 0 Å². The molecule has 1 N–H and O–H groups in total. The lowest BCUT2D eigenvalue weighted by Crippen LogP contribution is -2.53. The number of amides is 4. The van der Waals surface area contributed by atoms with Gasteiger partial charge in [0.15, 0.2) is 0 Å². The SMILES string of the molecule is CCCCCCCCCCCCOC(=O)c1ccc(NC=C2C(=O)N(C)C(=O)N(C)C2=O)cc1. The Hall–Kier alpha value is -3.16. The van der Waals surface area contributed by atoms with Crippen LogP contribution in [0.1, 0.15) is 81.5 Å². The van der Waals surface area contributed by atoms with Crippen LogP contribution in [0.15, 0.2) is 36.0 Å². The summed E-state index contributed by atoms with van der Waals surface area (Å²) in [7, 11) is 2.63. The number of hydrogen-bond donors (Lipinski definition) is 1. The third-order valence-electron chi connectivity index (χ3n) is 5.88. The fraction of sp³-hybridized carbons (Fsp3) is 0.538. The number of unbranched alkanes of at least 4 members (excludes halogenated alkanes) is 9. The molecule has 34 heavy (non-hydrogen) atoms. The average Bonchev–Trinajstić information content (AvgIpc) is 2.85. The van der Waals surface area contributed by atoms with Crippen molar-refractivity contribution in [1.82, 2.24) is 9.80 Å². The molecular formula is C26H37N3O5. The molecule has 0 saturated carbocycles. The zero-order valence-electron chi connectivity index (χ0n) is 20.6. The van der Waals surface area contributed by atoms with Crippen LogP contribution in [-0.2, 0) is 14.3 Å². The molecule has 0 atom stereocenters. The Bertz CT molecular complexity index is 853. The molecule has 8 nitrogen and oxygen atoms in total. The Morgan fingerprint density at radius 2 is 1.32 bits per heavy atom. The minimum Gasteiger partial charge on any atom is -0.462 e. The summed E-state index contributed by atoms with van der Waals surface area (Å²) in [6, 6.07) is 5.88. The molecule has 4 amide bonds. The van der Waals surface area contributed by atoms with Gasteiger partial charge in [0.05, 0.1) is 12.2 Å². The molecule has 0 radical (unpaired) electrons. The van der Waals surface area contributed by atoms with Crippen LogP contribution in [0.25, 0.3) is 0 Å². The third-order valence-corrected chi connectivity index (χ3v) is 5.88. The number of carbonyl (C=O) groups is 4. The van der Waals surface area contributed by atoms with Crippen molar-refractivity contribution >= 4 is 29.5 Å². The molecule has 0 bridgehead atoms. The second kappa shape index (κ2) is 14.2. The minimum absolute atomic E-state index is 0.149. The molecular weight excluding hydrogens is 434 g/mol. The van der Waals surface area contributed by atoms with Crippen molar-refractivity contribution in [3.05, 3.63) is 41.6 Å². The predicted octanol–water partition coefficient (Wildman–Crippen LogP) is 5.11. The van der Waals surface area contributed by atoms with Gasteiger partial charge in [0, 0.05) is 26.0 Å². The summed E-state index contributed by atoms with van der Waals surface area (Å²) in [5, 5.41) is 2.87. The zero-order chi connectivity index (χ0) is 24.9. The molecule has 1 aromatic rings. The number of rotatable bonds is 14. The van der Waals surface area contributed by atoms with Gasteiger partial charge in [-0.3, -0.25) is 19.4 Å². The van der Waals surface area contributed by atoms with Gasteiger partial charge in [0.1, 0.15) is 5.57 Å². The second-order valence-electron chi connectivity index (χ2n) is 8.61. The highest BCUT2D eigenvalue weighted by Crippen LogP contribution is 2.16. The number of nitrogens with zero attached hydrogens (tertiary/aromatic N) is 2. The normalized spacial score (nSPS) is 14.0. The van der Waals surface area contributed by atoms with Gasteiger partial charge in [0.25, 0.3) is 11.8 Å². The molecule has 1 heterocycles. The van der Waals surface area contributed by atoms with Gasteiger partial charge in [-0.1, -0.05) is 64.7 Å². The van der Waals surface area contributed by atoms with Crippen LogP contribution in [-0.4, -0.2) is 54.3 Å². The number of barbiturate groups is 1. The summed E-state index contributed by atoms with van der Waals surface area (Å²) in [6.07, 6.45) is 13.5. The van der Waals surface area contributed by atoms with Crippen molar-refractivity contribution < 1.29 is 23.9 Å². The first-order valence-electron chi connectivity index (χ1n) is 12.2. The Balaban J connectivity index is 1.69. The summed E-state index contributed by atoms with van der Waals surface area (Å²) >= 11 is 0. The second-order valence-corrected chi connectivity index (χ2v) is 8.61. The van der Waals surface area contributed by atoms with E-state index in [1.165, 1.54) is 71.7 Å². The van der Waals surface area contributed by atoms with Crippen molar-refractivity contribution in [1.29, 1.82) is 0 Å². The summed E-state index contributed by atoms with van der Waals surface area (Å²) in [6.45, 7) is 2.64. The molecule has 0 aromatic heterocycles. The van der Waals surface area contributed by atoms with Gasteiger partial charge >= 0.3 is 12.0 Å². The number of urea groups is 1. The van der Waals surface area contributed by atoms with Gasteiger partial charge in [0.2, 0.25) is 0 Å². The van der Waals surface area contributed by atoms with Crippen LogP contribution in [0.4, 0.5) is 10.5 Å². The van der Waals surface area contributed by atoms with Crippen molar-refractivity contribution in [2.24, 2.45) is 0 Å². The predicted molar refractivity (Wildman–Crippen MR) is 131 cm³/mol. The number of carbonyl (C=O) groups excluding carboxylic acids is 4.